The van der Waals surface area contributed by atoms with Gasteiger partial charge in [0.15, 0.2) is 17.2 Å². The molecule has 182 valence electrons. The Bertz CT molecular complexity index is 1300. The number of methoxy groups -OCH3 is 3. The Morgan fingerprint density at radius 1 is 1.09 bits per heavy atom. The fourth-order valence-corrected chi connectivity index (χ4v) is 3.71. The average Bonchev–Trinajstić information content (AvgIpc) is 3.30. The van der Waals surface area contributed by atoms with Gasteiger partial charge in [-0.2, -0.15) is 5.10 Å². The van der Waals surface area contributed by atoms with Crippen molar-refractivity contribution in [1.82, 2.24) is 9.78 Å². The first-order valence-electron chi connectivity index (χ1n) is 10.7. The predicted molar refractivity (Wildman–Crippen MR) is 135 cm³/mol. The molecule has 0 saturated carbocycles. The van der Waals surface area contributed by atoms with E-state index in [2.05, 4.69) is 17.0 Å². The molecule has 8 nitrogen and oxygen atoms in total. The molecule has 1 amide bonds. The van der Waals surface area contributed by atoms with E-state index in [1.165, 1.54) is 19.2 Å². The number of anilines is 1. The van der Waals surface area contributed by atoms with E-state index in [4.69, 9.17) is 25.8 Å². The molecular weight excluding hydrogens is 470 g/mol. The average molecular weight is 496 g/mol. The van der Waals surface area contributed by atoms with Gasteiger partial charge in [-0.15, -0.1) is 0 Å². The van der Waals surface area contributed by atoms with Gasteiger partial charge in [0.25, 0.3) is 5.91 Å². The van der Waals surface area contributed by atoms with E-state index >= 15 is 0 Å². The summed E-state index contributed by atoms with van der Waals surface area (Å²) in [6.45, 7) is 5.79. The van der Waals surface area contributed by atoms with Gasteiger partial charge < -0.3 is 19.5 Å². The summed E-state index contributed by atoms with van der Waals surface area (Å²) in [5, 5.41) is 7.49. The molecule has 1 aromatic heterocycles. The molecule has 3 rings (SSSR count). The largest absolute Gasteiger partial charge is 0.493 e. The molecule has 0 fully saturated rings. The second-order valence-corrected chi connectivity index (χ2v) is 7.69. The van der Waals surface area contributed by atoms with Crippen LogP contribution in [0, 0.1) is 0 Å². The summed E-state index contributed by atoms with van der Waals surface area (Å²) in [6.07, 6.45) is 4.08. The van der Waals surface area contributed by atoms with E-state index in [-0.39, 0.29) is 16.3 Å². The predicted octanol–water partition coefficient (Wildman–Crippen LogP) is 5.23. The van der Waals surface area contributed by atoms with Crippen molar-refractivity contribution in [2.75, 3.05) is 26.6 Å². The van der Waals surface area contributed by atoms with Crippen molar-refractivity contribution >= 4 is 34.9 Å². The first-order chi connectivity index (χ1) is 16.9. The number of esters is 1. The number of rotatable bonds is 9. The third-order valence-corrected chi connectivity index (χ3v) is 5.51. The fraction of sp³-hybridized carbons (Fsp3) is 0.192. The van der Waals surface area contributed by atoms with Gasteiger partial charge in [-0.05, 0) is 55.0 Å². The number of aryl methyl sites for hydroxylation is 1. The lowest BCUT2D eigenvalue weighted by Gasteiger charge is -2.14. The molecule has 1 heterocycles. The maximum absolute atomic E-state index is 13.0. The second kappa shape index (κ2) is 11.4. The molecular formula is C26H26ClN3O5. The molecule has 0 unspecified atom stereocenters. The monoisotopic (exact) mass is 495 g/mol. The normalized spacial score (nSPS) is 11.1. The zero-order valence-corrected chi connectivity index (χ0v) is 20.7. The molecule has 0 aliphatic carbocycles. The maximum Gasteiger partial charge on any atom is 0.339 e. The number of amides is 1. The van der Waals surface area contributed by atoms with Gasteiger partial charge in [0, 0.05) is 16.9 Å². The SMILES string of the molecule is C=C/C=C(/c1ccc(OC)c(OC)c1)n1nc(C(=O)Nc2ccc(C(=O)OC)c(Cl)c2)cc1CC. The molecule has 0 aliphatic heterocycles. The number of hydrogen-bond acceptors (Lipinski definition) is 6. The first-order valence-corrected chi connectivity index (χ1v) is 11.1. The lowest BCUT2D eigenvalue weighted by Crippen LogP contribution is -2.14. The van der Waals surface area contributed by atoms with Gasteiger partial charge in [0.2, 0.25) is 0 Å². The number of hydrogen-bond donors (Lipinski definition) is 1. The van der Waals surface area contributed by atoms with Crippen molar-refractivity contribution in [3.05, 3.63) is 88.7 Å². The van der Waals surface area contributed by atoms with Gasteiger partial charge in [-0.25, -0.2) is 9.48 Å². The summed E-state index contributed by atoms with van der Waals surface area (Å²) >= 11 is 6.17. The minimum atomic E-state index is -0.559. The summed E-state index contributed by atoms with van der Waals surface area (Å²) in [4.78, 5) is 24.7. The Labute approximate surface area is 208 Å². The van der Waals surface area contributed by atoms with Crippen molar-refractivity contribution in [1.29, 1.82) is 0 Å². The van der Waals surface area contributed by atoms with E-state index < -0.39 is 11.9 Å². The summed E-state index contributed by atoms with van der Waals surface area (Å²) < 4.78 is 17.2. The van der Waals surface area contributed by atoms with Crippen molar-refractivity contribution < 1.29 is 23.8 Å². The van der Waals surface area contributed by atoms with Gasteiger partial charge >= 0.3 is 5.97 Å². The Morgan fingerprint density at radius 2 is 1.83 bits per heavy atom. The molecule has 0 saturated heterocycles. The van der Waals surface area contributed by atoms with E-state index in [0.717, 1.165) is 11.3 Å². The highest BCUT2D eigenvalue weighted by atomic mass is 35.5. The molecule has 9 heteroatoms. The molecule has 3 aromatic rings. The lowest BCUT2D eigenvalue weighted by molar-refractivity contribution is 0.0601. The zero-order chi connectivity index (χ0) is 25.5. The molecule has 0 radical (unpaired) electrons. The van der Waals surface area contributed by atoms with Gasteiger partial charge in [-0.3, -0.25) is 4.79 Å². The van der Waals surface area contributed by atoms with Crippen molar-refractivity contribution in [2.24, 2.45) is 0 Å². The van der Waals surface area contributed by atoms with E-state index in [9.17, 15) is 9.59 Å². The van der Waals surface area contributed by atoms with Crippen LogP contribution in [0.2, 0.25) is 5.02 Å². The highest BCUT2D eigenvalue weighted by Gasteiger charge is 2.19. The number of nitrogens with zero attached hydrogens (tertiary/aromatic N) is 2. The minimum absolute atomic E-state index is 0.166. The number of allylic oxidation sites excluding steroid dienone is 2. The first kappa shape index (κ1) is 25.6. The van der Waals surface area contributed by atoms with Crippen LogP contribution in [0.1, 0.15) is 39.0 Å². The maximum atomic E-state index is 13.0. The molecule has 0 atom stereocenters. The number of halogens is 1. The standard InChI is InChI=1S/C26H26ClN3O5/c1-6-8-22(16-9-12-23(33-3)24(13-16)34-4)30-18(7-2)15-21(29-30)25(31)28-17-10-11-19(20(27)14-17)26(32)35-5/h6,8-15H,1,7H2,2-5H3,(H,28,31)/b22-8-. The van der Waals surface area contributed by atoms with Gasteiger partial charge in [0.1, 0.15) is 0 Å². The fourth-order valence-electron chi connectivity index (χ4n) is 3.45. The van der Waals surface area contributed by atoms with Crippen LogP contribution in [0.3, 0.4) is 0 Å². The zero-order valence-electron chi connectivity index (χ0n) is 19.9. The third kappa shape index (κ3) is 5.55. The van der Waals surface area contributed by atoms with E-state index in [1.54, 1.807) is 49.3 Å². The third-order valence-electron chi connectivity index (χ3n) is 5.19. The number of carbonyl (C=O) groups excluding carboxylic acids is 2. The molecule has 1 N–H and O–H groups in total. The van der Waals surface area contributed by atoms with Crippen LogP contribution in [-0.4, -0.2) is 43.0 Å². The Hall–Kier alpha value is -4.04. The Balaban J connectivity index is 1.95. The number of benzene rings is 2. The number of nitrogens with one attached hydrogen (secondary N) is 1. The topological polar surface area (TPSA) is 91.7 Å². The molecule has 0 bridgehead atoms. The summed E-state index contributed by atoms with van der Waals surface area (Å²) in [5.41, 5.74) is 3.17. The Morgan fingerprint density at radius 3 is 2.43 bits per heavy atom. The summed E-state index contributed by atoms with van der Waals surface area (Å²) in [7, 11) is 4.41. The van der Waals surface area contributed by atoms with E-state index in [1.807, 2.05) is 19.1 Å². The van der Waals surface area contributed by atoms with Crippen LogP contribution < -0.4 is 14.8 Å². The van der Waals surface area contributed by atoms with Crippen molar-refractivity contribution in [2.45, 2.75) is 13.3 Å². The Kier molecular flexibility index (Phi) is 8.33. The van der Waals surface area contributed by atoms with Crippen LogP contribution in [0.5, 0.6) is 11.5 Å². The van der Waals surface area contributed by atoms with Crippen molar-refractivity contribution in [3.8, 4) is 11.5 Å². The number of aromatic nitrogens is 2. The van der Waals surface area contributed by atoms with Crippen LogP contribution in [0.4, 0.5) is 5.69 Å². The van der Waals surface area contributed by atoms with Crippen LogP contribution in [-0.2, 0) is 11.2 Å². The van der Waals surface area contributed by atoms with Gasteiger partial charge in [0.05, 0.1) is 37.6 Å². The number of carbonyl (C=O) groups is 2. The van der Waals surface area contributed by atoms with E-state index in [0.29, 0.717) is 29.3 Å². The van der Waals surface area contributed by atoms with Gasteiger partial charge in [-0.1, -0.05) is 31.2 Å². The van der Waals surface area contributed by atoms with Crippen LogP contribution >= 0.6 is 11.6 Å². The highest BCUT2D eigenvalue weighted by molar-refractivity contribution is 6.34. The summed E-state index contributed by atoms with van der Waals surface area (Å²) in [5.74, 6) is 0.180. The molecule has 0 aliphatic rings. The summed E-state index contributed by atoms with van der Waals surface area (Å²) in [6, 6.07) is 11.8. The lowest BCUT2D eigenvalue weighted by atomic mass is 10.1. The number of ether oxygens (including phenoxy) is 3. The highest BCUT2D eigenvalue weighted by Crippen LogP contribution is 2.31. The molecule has 0 spiro atoms. The smallest absolute Gasteiger partial charge is 0.339 e. The quantitative estimate of drug-likeness (QED) is 0.323. The molecule has 35 heavy (non-hydrogen) atoms. The minimum Gasteiger partial charge on any atom is -0.493 e. The van der Waals surface area contributed by atoms with Crippen molar-refractivity contribution in [3.63, 3.8) is 0 Å². The second-order valence-electron chi connectivity index (χ2n) is 7.28. The van der Waals surface area contributed by atoms with Crippen LogP contribution in [0.15, 0.2) is 61.2 Å². The molecule has 2 aromatic carbocycles. The van der Waals surface area contributed by atoms with Crippen LogP contribution in [0.25, 0.3) is 5.70 Å².